The number of carbonyl (C=O) groups excluding carboxylic acids is 1. The lowest BCUT2D eigenvalue weighted by molar-refractivity contribution is -0.132. The van der Waals surface area contributed by atoms with Crippen LogP contribution >= 0.6 is 11.6 Å². The predicted octanol–water partition coefficient (Wildman–Crippen LogP) is 1.96. The summed E-state index contributed by atoms with van der Waals surface area (Å²) in [6.07, 6.45) is 0.170. The van der Waals surface area contributed by atoms with E-state index in [1.807, 2.05) is 0 Å². The van der Waals surface area contributed by atoms with Crippen molar-refractivity contribution in [1.82, 2.24) is 5.48 Å². The van der Waals surface area contributed by atoms with Crippen molar-refractivity contribution in [3.05, 3.63) is 28.8 Å². The number of rotatable bonds is 5. The van der Waals surface area contributed by atoms with Gasteiger partial charge in [-0.3, -0.25) is 9.63 Å². The van der Waals surface area contributed by atoms with E-state index in [9.17, 15) is 4.79 Å². The molecule has 0 unspecified atom stereocenters. The maximum atomic E-state index is 11.4. The Hall–Kier alpha value is -1.26. The van der Waals surface area contributed by atoms with Crippen molar-refractivity contribution >= 4 is 17.5 Å². The molecule has 0 aliphatic carbocycles. The third-order valence-corrected chi connectivity index (χ3v) is 2.16. The maximum Gasteiger partial charge on any atom is 0.248 e. The molecule has 1 rings (SSSR count). The number of hydrogen-bond donors (Lipinski definition) is 1. The second-order valence-electron chi connectivity index (χ2n) is 3.09. The van der Waals surface area contributed by atoms with E-state index in [-0.39, 0.29) is 12.3 Å². The second kappa shape index (κ2) is 6.35. The molecule has 0 aromatic heterocycles. The normalized spacial score (nSPS) is 9.94. The van der Waals surface area contributed by atoms with Crippen LogP contribution in [0.3, 0.4) is 0 Å². The smallest absolute Gasteiger partial charge is 0.248 e. The van der Waals surface area contributed by atoms with Crippen LogP contribution in [0.25, 0.3) is 0 Å². The standard InChI is InChI=1S/C11H14ClNO3/c1-3-16-13-11(14)7-8-6-9(12)4-5-10(8)15-2/h4-6H,3,7H2,1-2H3,(H,13,14). The summed E-state index contributed by atoms with van der Waals surface area (Å²) in [6, 6.07) is 5.14. The molecule has 0 aliphatic rings. The Balaban J connectivity index is 2.71. The van der Waals surface area contributed by atoms with E-state index in [0.717, 1.165) is 5.56 Å². The first-order valence-corrected chi connectivity index (χ1v) is 5.28. The third kappa shape index (κ3) is 3.72. The van der Waals surface area contributed by atoms with Gasteiger partial charge < -0.3 is 4.74 Å². The molecule has 0 aliphatic heterocycles. The molecule has 0 atom stereocenters. The Morgan fingerprint density at radius 3 is 2.88 bits per heavy atom. The molecular weight excluding hydrogens is 230 g/mol. The van der Waals surface area contributed by atoms with E-state index >= 15 is 0 Å². The summed E-state index contributed by atoms with van der Waals surface area (Å²) in [7, 11) is 1.55. The molecule has 5 heteroatoms. The van der Waals surface area contributed by atoms with Crippen LogP contribution in [0.1, 0.15) is 12.5 Å². The van der Waals surface area contributed by atoms with E-state index in [1.165, 1.54) is 0 Å². The first kappa shape index (κ1) is 12.8. The van der Waals surface area contributed by atoms with E-state index in [4.69, 9.17) is 21.2 Å². The Morgan fingerprint density at radius 1 is 1.50 bits per heavy atom. The highest BCUT2D eigenvalue weighted by molar-refractivity contribution is 6.30. The van der Waals surface area contributed by atoms with Crippen LogP contribution in [0, 0.1) is 0 Å². The van der Waals surface area contributed by atoms with E-state index < -0.39 is 0 Å². The van der Waals surface area contributed by atoms with Gasteiger partial charge in [0.15, 0.2) is 0 Å². The monoisotopic (exact) mass is 243 g/mol. The highest BCUT2D eigenvalue weighted by atomic mass is 35.5. The fourth-order valence-electron chi connectivity index (χ4n) is 1.25. The second-order valence-corrected chi connectivity index (χ2v) is 3.53. The summed E-state index contributed by atoms with van der Waals surface area (Å²) in [4.78, 5) is 16.2. The first-order valence-electron chi connectivity index (χ1n) is 4.90. The van der Waals surface area contributed by atoms with Crippen LogP contribution in [0.2, 0.25) is 5.02 Å². The Labute approximate surface area is 99.5 Å². The number of hydrogen-bond acceptors (Lipinski definition) is 3. The Bertz CT molecular complexity index is 368. The number of carbonyl (C=O) groups is 1. The highest BCUT2D eigenvalue weighted by Crippen LogP contribution is 2.22. The SMILES string of the molecule is CCONC(=O)Cc1cc(Cl)ccc1OC. The lowest BCUT2D eigenvalue weighted by Gasteiger charge is -2.08. The first-order chi connectivity index (χ1) is 7.67. The zero-order valence-corrected chi connectivity index (χ0v) is 10.0. The summed E-state index contributed by atoms with van der Waals surface area (Å²) >= 11 is 5.84. The van der Waals surface area contributed by atoms with Crippen LogP contribution in [-0.4, -0.2) is 19.6 Å². The van der Waals surface area contributed by atoms with Crippen molar-refractivity contribution in [3.8, 4) is 5.75 Å². The minimum absolute atomic E-state index is 0.170. The van der Waals surface area contributed by atoms with Crippen molar-refractivity contribution in [1.29, 1.82) is 0 Å². The van der Waals surface area contributed by atoms with Crippen LogP contribution < -0.4 is 10.2 Å². The zero-order valence-electron chi connectivity index (χ0n) is 9.25. The molecule has 0 fully saturated rings. The highest BCUT2D eigenvalue weighted by Gasteiger charge is 2.09. The number of benzene rings is 1. The van der Waals surface area contributed by atoms with Gasteiger partial charge in [0.1, 0.15) is 5.75 Å². The summed E-state index contributed by atoms with van der Waals surface area (Å²) in [5.74, 6) is 0.401. The number of hydroxylamine groups is 1. The van der Waals surface area contributed by atoms with Crippen molar-refractivity contribution in [3.63, 3.8) is 0 Å². The molecule has 4 nitrogen and oxygen atoms in total. The Morgan fingerprint density at radius 2 is 2.25 bits per heavy atom. The summed E-state index contributed by atoms with van der Waals surface area (Å²) in [5.41, 5.74) is 3.04. The fraction of sp³-hybridized carbons (Fsp3) is 0.364. The van der Waals surface area contributed by atoms with Crippen LogP contribution in [0.5, 0.6) is 5.75 Å². The topological polar surface area (TPSA) is 47.6 Å². The number of ether oxygens (including phenoxy) is 1. The third-order valence-electron chi connectivity index (χ3n) is 1.92. The van der Waals surface area contributed by atoms with Gasteiger partial charge in [0.2, 0.25) is 5.91 Å². The van der Waals surface area contributed by atoms with Crippen LogP contribution in [0.15, 0.2) is 18.2 Å². The molecule has 1 N–H and O–H groups in total. The van der Waals surface area contributed by atoms with Crippen molar-refractivity contribution in [2.75, 3.05) is 13.7 Å². The quantitative estimate of drug-likeness (QED) is 0.805. The summed E-state index contributed by atoms with van der Waals surface area (Å²) < 4.78 is 5.13. The van der Waals surface area contributed by atoms with Crippen LogP contribution in [-0.2, 0) is 16.1 Å². The lowest BCUT2D eigenvalue weighted by atomic mass is 10.1. The number of halogens is 1. The zero-order chi connectivity index (χ0) is 12.0. The largest absolute Gasteiger partial charge is 0.496 e. The Kier molecular flexibility index (Phi) is 5.08. The van der Waals surface area contributed by atoms with Gasteiger partial charge in [0.25, 0.3) is 0 Å². The van der Waals surface area contributed by atoms with Gasteiger partial charge in [-0.1, -0.05) is 11.6 Å². The molecule has 1 aromatic carbocycles. The van der Waals surface area contributed by atoms with Gasteiger partial charge >= 0.3 is 0 Å². The molecule has 0 heterocycles. The van der Waals surface area contributed by atoms with Gasteiger partial charge in [-0.2, -0.15) is 0 Å². The molecule has 16 heavy (non-hydrogen) atoms. The average molecular weight is 244 g/mol. The fourth-order valence-corrected chi connectivity index (χ4v) is 1.44. The average Bonchev–Trinajstić information content (AvgIpc) is 2.27. The van der Waals surface area contributed by atoms with Crippen molar-refractivity contribution in [2.24, 2.45) is 0 Å². The predicted molar refractivity (Wildman–Crippen MR) is 61.5 cm³/mol. The molecule has 0 saturated carbocycles. The maximum absolute atomic E-state index is 11.4. The van der Waals surface area contributed by atoms with Gasteiger partial charge in [0, 0.05) is 10.6 Å². The van der Waals surface area contributed by atoms with E-state index in [2.05, 4.69) is 5.48 Å². The number of methoxy groups -OCH3 is 1. The molecule has 0 spiro atoms. The molecule has 0 saturated heterocycles. The minimum Gasteiger partial charge on any atom is -0.496 e. The minimum atomic E-state index is -0.234. The molecule has 88 valence electrons. The van der Waals surface area contributed by atoms with Gasteiger partial charge in [-0.05, 0) is 25.1 Å². The number of nitrogens with one attached hydrogen (secondary N) is 1. The molecule has 1 aromatic rings. The van der Waals surface area contributed by atoms with Gasteiger partial charge in [-0.15, -0.1) is 0 Å². The van der Waals surface area contributed by atoms with Crippen molar-refractivity contribution < 1.29 is 14.4 Å². The van der Waals surface area contributed by atoms with E-state index in [1.54, 1.807) is 32.2 Å². The van der Waals surface area contributed by atoms with E-state index in [0.29, 0.717) is 17.4 Å². The van der Waals surface area contributed by atoms with Crippen LogP contribution in [0.4, 0.5) is 0 Å². The molecule has 0 bridgehead atoms. The summed E-state index contributed by atoms with van der Waals surface area (Å²) in [6.45, 7) is 2.22. The summed E-state index contributed by atoms with van der Waals surface area (Å²) in [5, 5.41) is 0.569. The van der Waals surface area contributed by atoms with Gasteiger partial charge in [0.05, 0.1) is 20.1 Å². The van der Waals surface area contributed by atoms with Gasteiger partial charge in [-0.25, -0.2) is 5.48 Å². The number of amides is 1. The molecule has 1 amide bonds. The molecule has 0 radical (unpaired) electrons. The molecular formula is C11H14ClNO3. The van der Waals surface area contributed by atoms with Crippen molar-refractivity contribution in [2.45, 2.75) is 13.3 Å². The lowest BCUT2D eigenvalue weighted by Crippen LogP contribution is -2.25.